The second-order valence-electron chi connectivity index (χ2n) is 3.66. The number of hydrogen-bond acceptors (Lipinski definition) is 5. The van der Waals surface area contributed by atoms with Gasteiger partial charge in [0.1, 0.15) is 0 Å². The number of carbonyl (C=O) groups is 2. The molecule has 1 rings (SSSR count). The van der Waals surface area contributed by atoms with E-state index in [-0.39, 0.29) is 30.0 Å². The summed E-state index contributed by atoms with van der Waals surface area (Å²) in [7, 11) is 0. The molecule has 5 heteroatoms. The molecule has 0 aliphatic carbocycles. The zero-order valence-electron chi connectivity index (χ0n) is 10.8. The van der Waals surface area contributed by atoms with Crippen LogP contribution in [0.3, 0.4) is 0 Å². The highest BCUT2D eigenvalue weighted by molar-refractivity contribution is 6.04. The largest absolute Gasteiger partial charge is 0.462 e. The second kappa shape index (κ2) is 6.05. The van der Waals surface area contributed by atoms with E-state index in [2.05, 4.69) is 0 Å². The molecule has 0 bridgehead atoms. The summed E-state index contributed by atoms with van der Waals surface area (Å²) in [5.74, 6) is -1.07. The smallest absolute Gasteiger partial charge is 0.340 e. The molecule has 18 heavy (non-hydrogen) atoms. The van der Waals surface area contributed by atoms with Gasteiger partial charge in [0, 0.05) is 0 Å². The summed E-state index contributed by atoms with van der Waals surface area (Å²) in [6, 6.07) is 3.19. The van der Waals surface area contributed by atoms with E-state index in [0.717, 1.165) is 0 Å². The average molecular weight is 251 g/mol. The molecule has 0 aliphatic heterocycles. The van der Waals surface area contributed by atoms with Crippen molar-refractivity contribution in [2.75, 3.05) is 18.9 Å². The molecule has 1 aromatic rings. The van der Waals surface area contributed by atoms with Gasteiger partial charge >= 0.3 is 11.9 Å². The van der Waals surface area contributed by atoms with Crippen LogP contribution in [0.2, 0.25) is 0 Å². The van der Waals surface area contributed by atoms with Crippen LogP contribution in [0, 0.1) is 6.92 Å². The molecular formula is C13H17NO4. The lowest BCUT2D eigenvalue weighted by atomic mass is 10.0. The van der Waals surface area contributed by atoms with E-state index in [1.54, 1.807) is 32.9 Å². The quantitative estimate of drug-likeness (QED) is 0.653. The summed E-state index contributed by atoms with van der Waals surface area (Å²) in [5.41, 5.74) is 7.02. The van der Waals surface area contributed by atoms with Crippen LogP contribution in [-0.4, -0.2) is 25.2 Å². The molecule has 0 saturated carbocycles. The van der Waals surface area contributed by atoms with Crippen LogP contribution in [0.25, 0.3) is 0 Å². The third kappa shape index (κ3) is 2.80. The van der Waals surface area contributed by atoms with Crippen molar-refractivity contribution in [1.82, 2.24) is 0 Å². The molecule has 0 aromatic heterocycles. The van der Waals surface area contributed by atoms with Crippen LogP contribution in [0.1, 0.15) is 40.1 Å². The summed E-state index contributed by atoms with van der Waals surface area (Å²) in [6.45, 7) is 5.65. The van der Waals surface area contributed by atoms with Gasteiger partial charge in [-0.05, 0) is 32.4 Å². The van der Waals surface area contributed by atoms with Crippen molar-refractivity contribution in [3.63, 3.8) is 0 Å². The minimum absolute atomic E-state index is 0.104. The van der Waals surface area contributed by atoms with E-state index >= 15 is 0 Å². The second-order valence-corrected chi connectivity index (χ2v) is 3.66. The van der Waals surface area contributed by atoms with Gasteiger partial charge in [-0.25, -0.2) is 9.59 Å². The molecule has 0 fully saturated rings. The SMILES string of the molecule is CCOC(=O)c1ccc(C)c(C(=O)OCC)c1N. The first-order valence-corrected chi connectivity index (χ1v) is 5.76. The Labute approximate surface area is 106 Å². The van der Waals surface area contributed by atoms with Gasteiger partial charge in [0.05, 0.1) is 30.0 Å². The summed E-state index contributed by atoms with van der Waals surface area (Å²) in [5, 5.41) is 0. The number of anilines is 1. The summed E-state index contributed by atoms with van der Waals surface area (Å²) in [4.78, 5) is 23.4. The third-order valence-corrected chi connectivity index (χ3v) is 2.43. The van der Waals surface area contributed by atoms with Crippen molar-refractivity contribution in [2.24, 2.45) is 0 Å². The van der Waals surface area contributed by atoms with Crippen LogP contribution in [0.4, 0.5) is 5.69 Å². The van der Waals surface area contributed by atoms with E-state index in [1.165, 1.54) is 0 Å². The Bertz CT molecular complexity index is 468. The van der Waals surface area contributed by atoms with E-state index in [0.29, 0.717) is 5.56 Å². The lowest BCUT2D eigenvalue weighted by Crippen LogP contribution is -2.15. The molecule has 2 N–H and O–H groups in total. The summed E-state index contributed by atoms with van der Waals surface area (Å²) >= 11 is 0. The lowest BCUT2D eigenvalue weighted by Gasteiger charge is -2.12. The fourth-order valence-electron chi connectivity index (χ4n) is 1.59. The Morgan fingerprint density at radius 3 is 2.22 bits per heavy atom. The molecule has 0 amide bonds. The molecule has 0 atom stereocenters. The Morgan fingerprint density at radius 1 is 1.11 bits per heavy atom. The molecule has 0 heterocycles. The number of ether oxygens (including phenoxy) is 2. The normalized spacial score (nSPS) is 9.94. The number of hydrogen-bond donors (Lipinski definition) is 1. The maximum Gasteiger partial charge on any atom is 0.340 e. The van der Waals surface area contributed by atoms with E-state index in [4.69, 9.17) is 15.2 Å². The highest BCUT2D eigenvalue weighted by Crippen LogP contribution is 2.23. The van der Waals surface area contributed by atoms with Gasteiger partial charge in [0.2, 0.25) is 0 Å². The zero-order valence-corrected chi connectivity index (χ0v) is 10.8. The van der Waals surface area contributed by atoms with Crippen molar-refractivity contribution in [3.05, 3.63) is 28.8 Å². The number of carbonyl (C=O) groups excluding carboxylic acids is 2. The van der Waals surface area contributed by atoms with Gasteiger partial charge < -0.3 is 15.2 Å². The highest BCUT2D eigenvalue weighted by Gasteiger charge is 2.20. The van der Waals surface area contributed by atoms with Crippen molar-refractivity contribution in [2.45, 2.75) is 20.8 Å². The maximum absolute atomic E-state index is 11.8. The Morgan fingerprint density at radius 2 is 1.67 bits per heavy atom. The van der Waals surface area contributed by atoms with Gasteiger partial charge in [0.25, 0.3) is 0 Å². The molecule has 0 spiro atoms. The fourth-order valence-corrected chi connectivity index (χ4v) is 1.59. The monoisotopic (exact) mass is 251 g/mol. The summed E-state index contributed by atoms with van der Waals surface area (Å²) < 4.78 is 9.79. The third-order valence-electron chi connectivity index (χ3n) is 2.43. The van der Waals surface area contributed by atoms with Gasteiger partial charge in [-0.15, -0.1) is 0 Å². The van der Waals surface area contributed by atoms with Crippen molar-refractivity contribution in [1.29, 1.82) is 0 Å². The maximum atomic E-state index is 11.8. The first-order chi connectivity index (χ1) is 8.52. The molecule has 0 unspecified atom stereocenters. The molecule has 0 saturated heterocycles. The number of rotatable bonds is 4. The number of esters is 2. The number of aryl methyl sites for hydroxylation is 1. The lowest BCUT2D eigenvalue weighted by molar-refractivity contribution is 0.0527. The van der Waals surface area contributed by atoms with Crippen LogP contribution < -0.4 is 5.73 Å². The van der Waals surface area contributed by atoms with Gasteiger partial charge in [-0.1, -0.05) is 6.07 Å². The molecule has 5 nitrogen and oxygen atoms in total. The van der Waals surface area contributed by atoms with Crippen LogP contribution >= 0.6 is 0 Å². The van der Waals surface area contributed by atoms with E-state index in [1.807, 2.05) is 0 Å². The number of benzene rings is 1. The minimum atomic E-state index is -0.541. The Hall–Kier alpha value is -2.04. The molecular weight excluding hydrogens is 234 g/mol. The zero-order chi connectivity index (χ0) is 13.7. The van der Waals surface area contributed by atoms with Crippen molar-refractivity contribution < 1.29 is 19.1 Å². The van der Waals surface area contributed by atoms with Crippen molar-refractivity contribution in [3.8, 4) is 0 Å². The predicted molar refractivity (Wildman–Crippen MR) is 67.5 cm³/mol. The van der Waals surface area contributed by atoms with Gasteiger partial charge in [-0.2, -0.15) is 0 Å². The highest BCUT2D eigenvalue weighted by atomic mass is 16.5. The topological polar surface area (TPSA) is 78.6 Å². The molecule has 0 aliphatic rings. The summed E-state index contributed by atoms with van der Waals surface area (Å²) in [6.07, 6.45) is 0. The molecule has 0 radical (unpaired) electrons. The van der Waals surface area contributed by atoms with E-state index in [9.17, 15) is 9.59 Å². The number of nitrogen functional groups attached to an aromatic ring is 1. The first kappa shape index (κ1) is 14.0. The minimum Gasteiger partial charge on any atom is -0.462 e. The van der Waals surface area contributed by atoms with Crippen LogP contribution in [0.15, 0.2) is 12.1 Å². The molecule has 1 aromatic carbocycles. The van der Waals surface area contributed by atoms with Crippen molar-refractivity contribution >= 4 is 17.6 Å². The van der Waals surface area contributed by atoms with Gasteiger partial charge in [0.15, 0.2) is 0 Å². The first-order valence-electron chi connectivity index (χ1n) is 5.76. The Balaban J connectivity index is 3.22. The fraction of sp³-hybridized carbons (Fsp3) is 0.385. The van der Waals surface area contributed by atoms with E-state index < -0.39 is 11.9 Å². The molecule has 98 valence electrons. The van der Waals surface area contributed by atoms with Gasteiger partial charge in [-0.3, -0.25) is 0 Å². The van der Waals surface area contributed by atoms with Crippen LogP contribution in [0.5, 0.6) is 0 Å². The average Bonchev–Trinajstić information content (AvgIpc) is 2.29. The van der Waals surface area contributed by atoms with Crippen LogP contribution in [-0.2, 0) is 9.47 Å². The number of nitrogens with two attached hydrogens (primary N) is 1. The Kier molecular flexibility index (Phi) is 4.71. The predicted octanol–water partition coefficient (Wildman–Crippen LogP) is 1.93. The standard InChI is InChI=1S/C13H17NO4/c1-4-17-12(15)9-7-6-8(3)10(11(9)14)13(16)18-5-2/h6-7H,4-5,14H2,1-3H3.